The molecule has 0 saturated carbocycles. The Morgan fingerprint density at radius 1 is 0.305 bits per heavy atom. The van der Waals surface area contributed by atoms with Crippen molar-refractivity contribution < 1.29 is 181 Å². The van der Waals surface area contributed by atoms with E-state index in [2.05, 4.69) is 33.1 Å². The number of alkyl halides is 32. The van der Waals surface area contributed by atoms with Gasteiger partial charge in [-0.2, -0.15) is 105 Å². The number of quaternary nitrogens is 1. The minimum Gasteiger partial charge on any atom is -0.348 e. The summed E-state index contributed by atoms with van der Waals surface area (Å²) < 4.78 is 593. The Labute approximate surface area is 578 Å². The van der Waals surface area contributed by atoms with Crippen LogP contribution in [0.1, 0.15) is 220 Å². The standard InChI is InChI=1S/C36H52BF24.C15F16.C12H27N/c1-5-9-13-17-21-25(38,39)29(46,47)33(54,55)37(34(56,57)30(48,49)26(40,41)22-18-14-10-6-2,35(58,59)31(50,51)27(42,43)23-19-15-11-7-3)36(60,61)32(52,53)28(44,45)24-20-16-12-8-4;16-5-2(6(17)10(21)12(23)9(5)20)1-3(13(24,25)15(29,30)31)7(18)11(22)8(19)4(1)14(26,27)28;1-5-7-12(6-2)9-8-11(3)10-13-4/h5-24H2,1-4H3;;11-13H,5-10H2,1-4H3/q-1;;/p+1. The van der Waals surface area contributed by atoms with Crippen molar-refractivity contribution in [2.24, 2.45) is 11.8 Å². The van der Waals surface area contributed by atoms with Crippen LogP contribution in [-0.4, -0.2) is 96.6 Å². The van der Waals surface area contributed by atoms with Crippen molar-refractivity contribution in [1.82, 2.24) is 0 Å². The molecule has 0 amide bonds. The number of benzene rings is 2. The first-order valence-corrected chi connectivity index (χ1v) is 33.0. The summed E-state index contributed by atoms with van der Waals surface area (Å²) in [6.07, 6.45) is -41.4. The summed E-state index contributed by atoms with van der Waals surface area (Å²) in [5, 5.41) is 2.30. The fourth-order valence-corrected chi connectivity index (χ4v) is 11.6. The smallest absolute Gasteiger partial charge is 0.348 e. The molecule has 42 heteroatoms. The van der Waals surface area contributed by atoms with Gasteiger partial charge >= 0.3 is 71.8 Å². The third kappa shape index (κ3) is 20.1. The van der Waals surface area contributed by atoms with Crippen molar-refractivity contribution in [3.8, 4) is 11.1 Å². The van der Waals surface area contributed by atoms with E-state index in [1.165, 1.54) is 66.3 Å². The van der Waals surface area contributed by atoms with Crippen LogP contribution in [0.4, 0.5) is 176 Å². The molecular formula is C63H80BF40N. The molecule has 0 aliphatic rings. The molecule has 0 aromatic heterocycles. The molecule has 2 N–H and O–H groups in total. The van der Waals surface area contributed by atoms with Crippen LogP contribution in [-0.2, 0) is 12.1 Å². The fourth-order valence-electron chi connectivity index (χ4n) is 11.6. The predicted molar refractivity (Wildman–Crippen MR) is 306 cm³/mol. The van der Waals surface area contributed by atoms with Crippen molar-refractivity contribution in [2.45, 2.75) is 298 Å². The van der Waals surface area contributed by atoms with E-state index >= 15 is 105 Å². The zero-order valence-electron chi connectivity index (χ0n) is 57.3. The second-order valence-electron chi connectivity index (χ2n) is 25.7. The third-order valence-corrected chi connectivity index (χ3v) is 17.8. The maximum Gasteiger partial charge on any atom is 0.458 e. The van der Waals surface area contributed by atoms with E-state index in [9.17, 15) is 70.2 Å². The molecule has 0 bridgehead atoms. The minimum absolute atomic E-state index is 0.0414. The van der Waals surface area contributed by atoms with Crippen LogP contribution in [0.25, 0.3) is 11.1 Å². The number of nitrogens with two attached hydrogens (primary N) is 1. The Morgan fingerprint density at radius 2 is 0.571 bits per heavy atom. The maximum atomic E-state index is 16.5. The monoisotopic (exact) mass is 1620 g/mol. The normalized spacial score (nSPS) is 14.9. The quantitative estimate of drug-likeness (QED) is 0.0224. The van der Waals surface area contributed by atoms with E-state index in [0.29, 0.717) is 0 Å². The topological polar surface area (TPSA) is 16.6 Å². The third-order valence-electron chi connectivity index (χ3n) is 17.8. The molecule has 0 aliphatic heterocycles. The van der Waals surface area contributed by atoms with Gasteiger partial charge in [-0.3, -0.25) is 0 Å². The summed E-state index contributed by atoms with van der Waals surface area (Å²) >= 11 is 0. The molecule has 0 radical (unpaired) electrons. The Bertz CT molecular complexity index is 2760. The zero-order valence-corrected chi connectivity index (χ0v) is 57.3. The van der Waals surface area contributed by atoms with Gasteiger partial charge < -0.3 is 5.32 Å². The molecule has 2 atom stereocenters. The SMILES string of the molecule is CCCC(CC)CCC(C)C[NH2+]C.CCCCCCC(F)(F)C(F)(F)C(F)(F)[B-](C(F)(F)C(F)(F)C(F)(F)CCCCCC)(C(F)(F)C(F)(F)C(F)(F)CCCCCC)C(F)(F)C(F)(F)C(F)(F)CCCCCC.Fc1c(F)c(F)c(-c2c(C(F)(F)F)c(F)c(F)c(F)c2C(F)(F)C(F)(F)F)c(F)c1F. The fraction of sp³-hybridized carbons (Fsp3) is 0.810. The van der Waals surface area contributed by atoms with Gasteiger partial charge in [0.15, 0.2) is 40.7 Å². The molecule has 2 rings (SSSR count). The van der Waals surface area contributed by atoms with Crippen LogP contribution in [0.15, 0.2) is 0 Å². The molecule has 0 spiro atoms. The van der Waals surface area contributed by atoms with Crippen molar-refractivity contribution in [3.63, 3.8) is 0 Å². The largest absolute Gasteiger partial charge is 0.458 e. The summed E-state index contributed by atoms with van der Waals surface area (Å²) in [5.41, 5.74) is -14.2. The van der Waals surface area contributed by atoms with Crippen molar-refractivity contribution in [2.75, 3.05) is 13.6 Å². The molecule has 620 valence electrons. The van der Waals surface area contributed by atoms with Crippen molar-refractivity contribution >= 4 is 6.15 Å². The first kappa shape index (κ1) is 101. The number of hydrogen-bond acceptors (Lipinski definition) is 0. The number of halogens is 40. The van der Waals surface area contributed by atoms with E-state index in [1.807, 2.05) is 0 Å². The second kappa shape index (κ2) is 37.6. The lowest BCUT2D eigenvalue weighted by Crippen LogP contribution is -2.96. The molecule has 2 unspecified atom stereocenters. The van der Waals surface area contributed by atoms with E-state index in [-0.39, 0.29) is 51.4 Å². The highest BCUT2D eigenvalue weighted by molar-refractivity contribution is 6.89. The maximum absolute atomic E-state index is 16.5. The van der Waals surface area contributed by atoms with E-state index < -0.39 is 241 Å². The second-order valence-corrected chi connectivity index (χ2v) is 25.7. The highest BCUT2D eigenvalue weighted by Crippen LogP contribution is 2.73. The highest BCUT2D eigenvalue weighted by Gasteiger charge is 3.03. The van der Waals surface area contributed by atoms with Gasteiger partial charge in [0.2, 0.25) is 29.1 Å². The van der Waals surface area contributed by atoms with Gasteiger partial charge in [-0.05, 0) is 44.4 Å². The lowest BCUT2D eigenvalue weighted by atomic mass is 9.08. The van der Waals surface area contributed by atoms with Crippen LogP contribution in [0.2, 0.25) is 0 Å². The van der Waals surface area contributed by atoms with Gasteiger partial charge in [0, 0.05) is 37.2 Å². The Balaban J connectivity index is 0.00000200. The minimum atomic E-state index is -11.7. The van der Waals surface area contributed by atoms with Crippen LogP contribution in [0.5, 0.6) is 0 Å². The molecule has 2 aromatic carbocycles. The van der Waals surface area contributed by atoms with Crippen LogP contribution in [0.3, 0.4) is 0 Å². The Morgan fingerprint density at radius 3 is 0.810 bits per heavy atom. The summed E-state index contributed by atoms with van der Waals surface area (Å²) in [5.74, 6) is -136. The van der Waals surface area contributed by atoms with E-state index in [1.54, 1.807) is 0 Å². The molecule has 105 heavy (non-hydrogen) atoms. The van der Waals surface area contributed by atoms with E-state index in [0.717, 1.165) is 11.8 Å². The average molecular weight is 1620 g/mol. The first-order chi connectivity index (χ1) is 47.3. The van der Waals surface area contributed by atoms with Crippen LogP contribution in [0, 0.1) is 58.4 Å². The summed E-state index contributed by atoms with van der Waals surface area (Å²) in [6.45, 7) is 13.4. The molecular weight excluding hydrogens is 1540 g/mol. The van der Waals surface area contributed by atoms with Crippen LogP contribution < -0.4 is 5.32 Å². The number of rotatable bonds is 42. The van der Waals surface area contributed by atoms with Crippen molar-refractivity contribution in [3.05, 3.63) is 57.7 Å². The molecule has 0 aliphatic carbocycles. The van der Waals surface area contributed by atoms with Gasteiger partial charge in [0.05, 0.1) is 24.7 Å². The average Bonchev–Trinajstić information content (AvgIpc) is 0.641. The predicted octanol–water partition coefficient (Wildman–Crippen LogP) is 26.7. The Kier molecular flexibility index (Phi) is 36.0. The molecule has 0 heterocycles. The Hall–Kier alpha value is -4.34. The van der Waals surface area contributed by atoms with Crippen LogP contribution >= 0.6 is 0 Å². The highest BCUT2D eigenvalue weighted by atomic mass is 19.4. The van der Waals surface area contributed by atoms with Gasteiger partial charge in [0.1, 0.15) is 5.56 Å². The van der Waals surface area contributed by atoms with Gasteiger partial charge in [-0.25, -0.2) is 70.2 Å². The summed E-state index contributed by atoms with van der Waals surface area (Å²) in [7, 11) is 2.17. The molecule has 0 fully saturated rings. The zero-order chi connectivity index (χ0) is 83.2. The summed E-state index contributed by atoms with van der Waals surface area (Å²) in [6, 6.07) is 0. The van der Waals surface area contributed by atoms with Gasteiger partial charge in [0.25, 0.3) is 0 Å². The first-order valence-electron chi connectivity index (χ1n) is 33.0. The lowest BCUT2D eigenvalue weighted by Gasteiger charge is -2.63. The number of hydrogen-bond donors (Lipinski definition) is 1. The van der Waals surface area contributed by atoms with Crippen molar-refractivity contribution in [1.29, 1.82) is 0 Å². The lowest BCUT2D eigenvalue weighted by molar-refractivity contribution is -0.632. The molecule has 0 saturated heterocycles. The van der Waals surface area contributed by atoms with Gasteiger partial charge in [-0.1, -0.05) is 145 Å². The molecule has 2 aromatic rings. The van der Waals surface area contributed by atoms with Gasteiger partial charge in [-0.15, -0.1) is 0 Å². The summed E-state index contributed by atoms with van der Waals surface area (Å²) in [4.78, 5) is 0. The number of unbranched alkanes of at least 4 members (excludes halogenated alkanes) is 12. The molecule has 1 nitrogen and oxygen atoms in total. The van der Waals surface area contributed by atoms with E-state index in [4.69, 9.17) is 0 Å².